The van der Waals surface area contributed by atoms with E-state index < -0.39 is 9.84 Å². The van der Waals surface area contributed by atoms with E-state index in [4.69, 9.17) is 16.0 Å². The Morgan fingerprint density at radius 3 is 2.71 bits per heavy atom. The van der Waals surface area contributed by atoms with Crippen molar-refractivity contribution in [3.63, 3.8) is 0 Å². The lowest BCUT2D eigenvalue weighted by atomic mass is 10.4. The number of aromatic nitrogens is 2. The smallest absolute Gasteiger partial charge is 0.231 e. The van der Waals surface area contributed by atoms with E-state index in [0.29, 0.717) is 10.9 Å². The van der Waals surface area contributed by atoms with E-state index in [-0.39, 0.29) is 16.5 Å². The first-order chi connectivity index (χ1) is 7.97. The maximum absolute atomic E-state index is 12.0. The Morgan fingerprint density at radius 1 is 1.35 bits per heavy atom. The SMILES string of the molecule is Cc1nnc(CS(=O)(=O)c2cccc(Cl)c2)o1. The van der Waals surface area contributed by atoms with Gasteiger partial charge in [0.1, 0.15) is 5.75 Å². The molecule has 17 heavy (non-hydrogen) atoms. The summed E-state index contributed by atoms with van der Waals surface area (Å²) in [5.74, 6) is 0.0811. The monoisotopic (exact) mass is 272 g/mol. The van der Waals surface area contributed by atoms with Crippen LogP contribution >= 0.6 is 11.6 Å². The van der Waals surface area contributed by atoms with Crippen molar-refractivity contribution < 1.29 is 12.8 Å². The van der Waals surface area contributed by atoms with Gasteiger partial charge in [-0.05, 0) is 18.2 Å². The average Bonchev–Trinajstić information content (AvgIpc) is 2.63. The molecule has 0 aliphatic rings. The molecule has 0 atom stereocenters. The van der Waals surface area contributed by atoms with Crippen LogP contribution in [0.1, 0.15) is 11.8 Å². The predicted molar refractivity (Wildman–Crippen MR) is 61.4 cm³/mol. The highest BCUT2D eigenvalue weighted by molar-refractivity contribution is 7.90. The van der Waals surface area contributed by atoms with Crippen molar-refractivity contribution in [3.8, 4) is 0 Å². The van der Waals surface area contributed by atoms with Crippen LogP contribution in [-0.2, 0) is 15.6 Å². The largest absolute Gasteiger partial charge is 0.424 e. The van der Waals surface area contributed by atoms with Crippen LogP contribution in [0, 0.1) is 6.92 Å². The fourth-order valence-electron chi connectivity index (χ4n) is 1.30. The van der Waals surface area contributed by atoms with Crippen molar-refractivity contribution in [2.45, 2.75) is 17.6 Å². The Hall–Kier alpha value is -1.40. The lowest BCUT2D eigenvalue weighted by Crippen LogP contribution is -2.05. The third-order valence-electron chi connectivity index (χ3n) is 2.04. The lowest BCUT2D eigenvalue weighted by molar-refractivity contribution is 0.480. The second-order valence-electron chi connectivity index (χ2n) is 3.43. The third kappa shape index (κ3) is 2.83. The molecule has 0 amide bonds. The van der Waals surface area contributed by atoms with Crippen molar-refractivity contribution in [3.05, 3.63) is 41.1 Å². The molecule has 7 heteroatoms. The molecule has 5 nitrogen and oxygen atoms in total. The highest BCUT2D eigenvalue weighted by atomic mass is 35.5. The first-order valence-electron chi connectivity index (χ1n) is 4.75. The number of halogens is 1. The molecular weight excluding hydrogens is 264 g/mol. The van der Waals surface area contributed by atoms with Crippen LogP contribution in [0.4, 0.5) is 0 Å². The zero-order valence-electron chi connectivity index (χ0n) is 8.92. The molecule has 0 saturated heterocycles. The normalized spacial score (nSPS) is 11.6. The van der Waals surface area contributed by atoms with Gasteiger partial charge < -0.3 is 4.42 Å². The Morgan fingerprint density at radius 2 is 2.12 bits per heavy atom. The van der Waals surface area contributed by atoms with Gasteiger partial charge in [-0.25, -0.2) is 8.42 Å². The molecule has 0 bridgehead atoms. The molecule has 0 N–H and O–H groups in total. The first-order valence-corrected chi connectivity index (χ1v) is 6.78. The number of sulfone groups is 1. The van der Waals surface area contributed by atoms with Crippen LogP contribution in [0.2, 0.25) is 5.02 Å². The summed E-state index contributed by atoms with van der Waals surface area (Å²) in [6, 6.07) is 6.05. The van der Waals surface area contributed by atoms with Gasteiger partial charge in [0.2, 0.25) is 11.8 Å². The number of hydrogen-bond donors (Lipinski definition) is 0. The van der Waals surface area contributed by atoms with Gasteiger partial charge in [-0.3, -0.25) is 0 Å². The lowest BCUT2D eigenvalue weighted by Gasteiger charge is -2.01. The molecule has 90 valence electrons. The summed E-state index contributed by atoms with van der Waals surface area (Å²) in [7, 11) is -3.50. The van der Waals surface area contributed by atoms with Crippen molar-refractivity contribution in [1.29, 1.82) is 0 Å². The molecule has 1 aromatic carbocycles. The molecule has 1 aromatic heterocycles. The zero-order valence-corrected chi connectivity index (χ0v) is 10.5. The predicted octanol–water partition coefficient (Wildman–Crippen LogP) is 2.01. The fourth-order valence-corrected chi connectivity index (χ4v) is 2.76. The Kier molecular flexibility index (Phi) is 3.17. The highest BCUT2D eigenvalue weighted by Crippen LogP contribution is 2.19. The first kappa shape index (κ1) is 12.1. The molecule has 1 heterocycles. The minimum absolute atomic E-state index is 0.0717. The summed E-state index contributed by atoms with van der Waals surface area (Å²) < 4.78 is 29.0. The summed E-state index contributed by atoms with van der Waals surface area (Å²) in [5.41, 5.74) is 0. The average molecular weight is 273 g/mol. The minimum Gasteiger partial charge on any atom is -0.424 e. The molecule has 0 aliphatic carbocycles. The van der Waals surface area contributed by atoms with Gasteiger partial charge >= 0.3 is 0 Å². The zero-order chi connectivity index (χ0) is 12.5. The van der Waals surface area contributed by atoms with Crippen LogP contribution in [0.25, 0.3) is 0 Å². The Labute approximate surface area is 103 Å². The standard InChI is InChI=1S/C10H9ClN2O3S/c1-7-12-13-10(16-7)6-17(14,15)9-4-2-3-8(11)5-9/h2-5H,6H2,1H3. The van der Waals surface area contributed by atoms with Crippen LogP contribution in [0.3, 0.4) is 0 Å². The summed E-state index contributed by atoms with van der Waals surface area (Å²) >= 11 is 5.74. The number of nitrogens with zero attached hydrogens (tertiary/aromatic N) is 2. The minimum atomic E-state index is -3.50. The molecule has 0 fully saturated rings. The van der Waals surface area contributed by atoms with E-state index in [1.165, 1.54) is 12.1 Å². The van der Waals surface area contributed by atoms with E-state index in [0.717, 1.165) is 0 Å². The van der Waals surface area contributed by atoms with Crippen LogP contribution in [0.5, 0.6) is 0 Å². The maximum Gasteiger partial charge on any atom is 0.231 e. The number of rotatable bonds is 3. The topological polar surface area (TPSA) is 73.1 Å². The third-order valence-corrected chi connectivity index (χ3v) is 3.87. The molecule has 0 aliphatic heterocycles. The maximum atomic E-state index is 12.0. The summed E-state index contributed by atoms with van der Waals surface area (Å²) in [6.45, 7) is 1.60. The van der Waals surface area contributed by atoms with Gasteiger partial charge in [-0.2, -0.15) is 0 Å². The quantitative estimate of drug-likeness (QED) is 0.854. The number of benzene rings is 1. The van der Waals surface area contributed by atoms with E-state index in [1.807, 2.05) is 0 Å². The van der Waals surface area contributed by atoms with Crippen LogP contribution < -0.4 is 0 Å². The van der Waals surface area contributed by atoms with Gasteiger partial charge in [-0.15, -0.1) is 10.2 Å². The van der Waals surface area contributed by atoms with Crippen molar-refractivity contribution >= 4 is 21.4 Å². The number of aryl methyl sites for hydroxylation is 1. The highest BCUT2D eigenvalue weighted by Gasteiger charge is 2.19. The summed E-state index contributed by atoms with van der Waals surface area (Å²) in [5, 5.41) is 7.59. The van der Waals surface area contributed by atoms with Crippen LogP contribution in [-0.4, -0.2) is 18.6 Å². The summed E-state index contributed by atoms with van der Waals surface area (Å²) in [6.07, 6.45) is 0. The Balaban J connectivity index is 2.31. The van der Waals surface area contributed by atoms with Crippen molar-refractivity contribution in [2.24, 2.45) is 0 Å². The van der Waals surface area contributed by atoms with E-state index in [9.17, 15) is 8.42 Å². The number of hydrogen-bond acceptors (Lipinski definition) is 5. The van der Waals surface area contributed by atoms with Gasteiger partial charge in [0.25, 0.3) is 0 Å². The molecule has 0 saturated carbocycles. The summed E-state index contributed by atoms with van der Waals surface area (Å²) in [4.78, 5) is 0.140. The van der Waals surface area contributed by atoms with Crippen LogP contribution in [0.15, 0.2) is 33.6 Å². The van der Waals surface area contributed by atoms with Crippen molar-refractivity contribution in [2.75, 3.05) is 0 Å². The molecule has 0 radical (unpaired) electrons. The molecule has 0 spiro atoms. The second kappa shape index (κ2) is 4.46. The Bertz CT molecular complexity index is 637. The van der Waals surface area contributed by atoms with Gasteiger partial charge in [0.05, 0.1) is 4.90 Å². The second-order valence-corrected chi connectivity index (χ2v) is 5.86. The van der Waals surface area contributed by atoms with Gasteiger partial charge in [-0.1, -0.05) is 17.7 Å². The van der Waals surface area contributed by atoms with E-state index in [1.54, 1.807) is 19.1 Å². The van der Waals surface area contributed by atoms with E-state index >= 15 is 0 Å². The van der Waals surface area contributed by atoms with Gasteiger partial charge in [0, 0.05) is 11.9 Å². The molecular formula is C10H9ClN2O3S. The van der Waals surface area contributed by atoms with E-state index in [2.05, 4.69) is 10.2 Å². The molecule has 2 rings (SSSR count). The fraction of sp³-hybridized carbons (Fsp3) is 0.200. The molecule has 0 unspecified atom stereocenters. The van der Waals surface area contributed by atoms with Gasteiger partial charge in [0.15, 0.2) is 9.84 Å². The van der Waals surface area contributed by atoms with Crippen molar-refractivity contribution in [1.82, 2.24) is 10.2 Å². The molecule has 2 aromatic rings.